The first-order valence-corrected chi connectivity index (χ1v) is 10.5. The lowest BCUT2D eigenvalue weighted by molar-refractivity contribution is 0.593. The number of nitrogens with two attached hydrogens (primary N) is 1. The summed E-state index contributed by atoms with van der Waals surface area (Å²) >= 11 is 0. The van der Waals surface area contributed by atoms with Crippen LogP contribution in [0.3, 0.4) is 0 Å². The van der Waals surface area contributed by atoms with E-state index in [0.717, 1.165) is 31.4 Å². The molecule has 0 aliphatic heterocycles. The van der Waals surface area contributed by atoms with Crippen LogP contribution < -0.4 is 21.9 Å². The molecule has 0 saturated carbocycles. The van der Waals surface area contributed by atoms with Gasteiger partial charge in [-0.15, -0.1) is 0 Å². The van der Waals surface area contributed by atoms with Crippen molar-refractivity contribution in [2.45, 2.75) is 52.5 Å². The number of hydrogen-bond acceptors (Lipinski definition) is 4. The van der Waals surface area contributed by atoms with Crippen molar-refractivity contribution in [3.63, 3.8) is 0 Å². The van der Waals surface area contributed by atoms with Crippen LogP contribution in [0.1, 0.15) is 51.5 Å². The first kappa shape index (κ1) is 21.0. The molecular formula is C23H32N4O2. The highest BCUT2D eigenvalue weighted by molar-refractivity contribution is 5.62. The Hall–Kier alpha value is -2.76. The van der Waals surface area contributed by atoms with Gasteiger partial charge in [0.25, 0.3) is 5.56 Å². The van der Waals surface area contributed by atoms with Gasteiger partial charge in [-0.05, 0) is 43.6 Å². The van der Waals surface area contributed by atoms with E-state index in [1.807, 2.05) is 30.3 Å². The first-order valence-electron chi connectivity index (χ1n) is 10.5. The monoisotopic (exact) mass is 396 g/mol. The van der Waals surface area contributed by atoms with Gasteiger partial charge in [0.1, 0.15) is 11.5 Å². The summed E-state index contributed by atoms with van der Waals surface area (Å²) in [6.45, 7) is 6.01. The van der Waals surface area contributed by atoms with Crippen LogP contribution in [0, 0.1) is 5.92 Å². The average Bonchev–Trinajstić information content (AvgIpc) is 2.70. The largest absolute Gasteiger partial charge is 0.383 e. The number of aromatic nitrogens is 2. The van der Waals surface area contributed by atoms with Crippen LogP contribution >= 0.6 is 0 Å². The molecule has 0 bridgehead atoms. The quantitative estimate of drug-likeness (QED) is 0.669. The van der Waals surface area contributed by atoms with Gasteiger partial charge in [0.2, 0.25) is 0 Å². The fraction of sp³-hybridized carbons (Fsp3) is 0.478. The zero-order chi connectivity index (χ0) is 20.8. The molecule has 0 radical (unpaired) electrons. The summed E-state index contributed by atoms with van der Waals surface area (Å²) in [7, 11) is 0. The highest BCUT2D eigenvalue weighted by Crippen LogP contribution is 2.24. The molecule has 0 atom stereocenters. The minimum absolute atomic E-state index is 0.237. The van der Waals surface area contributed by atoms with Crippen molar-refractivity contribution in [2.24, 2.45) is 5.92 Å². The zero-order valence-corrected chi connectivity index (χ0v) is 17.5. The minimum atomic E-state index is -0.473. The number of nitrogen functional groups attached to an aromatic ring is 1. The maximum absolute atomic E-state index is 12.7. The van der Waals surface area contributed by atoms with Gasteiger partial charge in [-0.2, -0.15) is 0 Å². The summed E-state index contributed by atoms with van der Waals surface area (Å²) in [5.74, 6) is 0.601. The van der Waals surface area contributed by atoms with E-state index in [1.165, 1.54) is 23.0 Å². The molecule has 0 saturated heterocycles. The fourth-order valence-electron chi connectivity index (χ4n) is 3.95. The first-order chi connectivity index (χ1) is 14.0. The Morgan fingerprint density at radius 1 is 1.17 bits per heavy atom. The van der Waals surface area contributed by atoms with Crippen LogP contribution in [0.4, 0.5) is 11.5 Å². The molecule has 2 aromatic rings. The highest BCUT2D eigenvalue weighted by atomic mass is 16.2. The number of nitrogens with one attached hydrogen (secondary N) is 1. The van der Waals surface area contributed by atoms with Gasteiger partial charge in [0, 0.05) is 13.1 Å². The van der Waals surface area contributed by atoms with Gasteiger partial charge in [-0.25, -0.2) is 4.79 Å². The molecule has 0 unspecified atom stereocenters. The molecule has 1 aliphatic carbocycles. The third kappa shape index (κ3) is 5.40. The van der Waals surface area contributed by atoms with Gasteiger partial charge in [-0.3, -0.25) is 14.3 Å². The SMILES string of the molecule is CC(C)CN(CCC1=CCCCC1)c1c(N)n(Cc2ccccc2)c(=O)[nH]c1=O. The third-order valence-electron chi connectivity index (χ3n) is 5.39. The summed E-state index contributed by atoms with van der Waals surface area (Å²) in [5.41, 5.74) is 8.35. The van der Waals surface area contributed by atoms with Crippen LogP contribution in [-0.4, -0.2) is 22.6 Å². The summed E-state index contributed by atoms with van der Waals surface area (Å²) in [5, 5.41) is 0. The predicted octanol–water partition coefficient (Wildman–Crippen LogP) is 3.52. The maximum Gasteiger partial charge on any atom is 0.330 e. The number of hydrogen-bond donors (Lipinski definition) is 2. The van der Waals surface area contributed by atoms with Crippen molar-refractivity contribution in [2.75, 3.05) is 23.7 Å². The van der Waals surface area contributed by atoms with Crippen LogP contribution in [0.2, 0.25) is 0 Å². The Labute approximate surface area is 172 Å². The second-order valence-electron chi connectivity index (χ2n) is 8.26. The highest BCUT2D eigenvalue weighted by Gasteiger charge is 2.20. The summed E-state index contributed by atoms with van der Waals surface area (Å²) < 4.78 is 1.46. The zero-order valence-electron chi connectivity index (χ0n) is 17.5. The van der Waals surface area contributed by atoms with Crippen molar-refractivity contribution in [3.05, 3.63) is 68.4 Å². The van der Waals surface area contributed by atoms with E-state index < -0.39 is 11.2 Å². The standard InChI is InChI=1S/C23H32N4O2/c1-17(2)15-26(14-13-18-9-5-3-6-10-18)20-21(24)27(23(29)25-22(20)28)16-19-11-7-4-8-12-19/h4,7-9,11-12,17H,3,5-6,10,13-16,24H2,1-2H3,(H,25,28,29). The van der Waals surface area contributed by atoms with Crippen LogP contribution in [0.15, 0.2) is 51.6 Å². The Kier molecular flexibility index (Phi) is 6.96. The molecular weight excluding hydrogens is 364 g/mol. The fourth-order valence-corrected chi connectivity index (χ4v) is 3.95. The minimum Gasteiger partial charge on any atom is -0.383 e. The Morgan fingerprint density at radius 3 is 2.59 bits per heavy atom. The number of H-pyrrole nitrogens is 1. The molecule has 6 heteroatoms. The van der Waals surface area contributed by atoms with E-state index in [-0.39, 0.29) is 5.82 Å². The number of benzene rings is 1. The molecule has 1 aliphatic rings. The smallest absolute Gasteiger partial charge is 0.330 e. The number of aromatic amines is 1. The molecule has 1 heterocycles. The van der Waals surface area contributed by atoms with E-state index in [9.17, 15) is 9.59 Å². The normalized spacial score (nSPS) is 14.1. The van der Waals surface area contributed by atoms with Crippen molar-refractivity contribution in [1.29, 1.82) is 0 Å². The molecule has 0 spiro atoms. The molecule has 3 N–H and O–H groups in total. The molecule has 6 nitrogen and oxygen atoms in total. The van der Waals surface area contributed by atoms with E-state index in [0.29, 0.717) is 24.7 Å². The molecule has 1 aromatic heterocycles. The lowest BCUT2D eigenvalue weighted by atomic mass is 9.97. The third-order valence-corrected chi connectivity index (χ3v) is 5.39. The van der Waals surface area contributed by atoms with Crippen LogP contribution in [-0.2, 0) is 6.54 Å². The molecule has 0 amide bonds. The Morgan fingerprint density at radius 2 is 1.93 bits per heavy atom. The topological polar surface area (TPSA) is 84.1 Å². The lowest BCUT2D eigenvalue weighted by Crippen LogP contribution is -2.40. The van der Waals surface area contributed by atoms with E-state index in [1.54, 1.807) is 0 Å². The second-order valence-corrected chi connectivity index (χ2v) is 8.26. The Balaban J connectivity index is 1.93. The molecule has 29 heavy (non-hydrogen) atoms. The van der Waals surface area contributed by atoms with Gasteiger partial charge in [0.05, 0.1) is 6.54 Å². The number of rotatable bonds is 8. The van der Waals surface area contributed by atoms with Gasteiger partial charge < -0.3 is 10.6 Å². The van der Waals surface area contributed by atoms with Crippen molar-refractivity contribution < 1.29 is 0 Å². The maximum atomic E-state index is 12.7. The summed E-state index contributed by atoms with van der Waals surface area (Å²) in [4.78, 5) is 29.7. The van der Waals surface area contributed by atoms with Crippen molar-refractivity contribution in [1.82, 2.24) is 9.55 Å². The number of allylic oxidation sites excluding steroid dienone is 1. The predicted molar refractivity (Wildman–Crippen MR) is 119 cm³/mol. The number of nitrogens with zero attached hydrogens (tertiary/aromatic N) is 2. The van der Waals surface area contributed by atoms with E-state index in [4.69, 9.17) is 5.73 Å². The lowest BCUT2D eigenvalue weighted by Gasteiger charge is -2.28. The molecule has 1 aromatic carbocycles. The molecule has 0 fully saturated rings. The van der Waals surface area contributed by atoms with Crippen LogP contribution in [0.5, 0.6) is 0 Å². The summed E-state index contributed by atoms with van der Waals surface area (Å²) in [6, 6.07) is 9.66. The summed E-state index contributed by atoms with van der Waals surface area (Å²) in [6.07, 6.45) is 8.03. The molecule has 3 rings (SSSR count). The van der Waals surface area contributed by atoms with Crippen molar-refractivity contribution in [3.8, 4) is 0 Å². The van der Waals surface area contributed by atoms with Gasteiger partial charge in [0.15, 0.2) is 0 Å². The van der Waals surface area contributed by atoms with Crippen molar-refractivity contribution >= 4 is 11.5 Å². The van der Waals surface area contributed by atoms with Gasteiger partial charge in [-0.1, -0.05) is 55.8 Å². The average molecular weight is 397 g/mol. The van der Waals surface area contributed by atoms with Gasteiger partial charge >= 0.3 is 5.69 Å². The van der Waals surface area contributed by atoms with Crippen LogP contribution in [0.25, 0.3) is 0 Å². The number of anilines is 2. The Bertz CT molecular complexity index is 957. The second kappa shape index (κ2) is 9.63. The van der Waals surface area contributed by atoms with E-state index in [2.05, 4.69) is 29.8 Å². The van der Waals surface area contributed by atoms with E-state index >= 15 is 0 Å². The molecule has 156 valence electrons.